The Morgan fingerprint density at radius 2 is 1.58 bits per heavy atom. The maximum Gasteiger partial charge on any atom is 0.222 e. The summed E-state index contributed by atoms with van der Waals surface area (Å²) in [6, 6.07) is 14.5. The maximum absolute atomic E-state index is 11.3. The number of aromatic nitrogens is 2. The lowest BCUT2D eigenvalue weighted by atomic mass is 10.1. The van der Waals surface area contributed by atoms with Crippen molar-refractivity contribution in [2.24, 2.45) is 0 Å². The smallest absolute Gasteiger partial charge is 0.222 e. The Kier molecular flexibility index (Phi) is 4.90. The largest absolute Gasteiger partial charge is 0.325 e. The molecule has 3 aromatic rings. The van der Waals surface area contributed by atoms with Gasteiger partial charge in [-0.3, -0.25) is 9.59 Å². The van der Waals surface area contributed by atoms with Gasteiger partial charge in [0.15, 0.2) is 5.65 Å². The number of anilines is 2. The van der Waals surface area contributed by atoms with Crippen LogP contribution in [0.25, 0.3) is 11.0 Å². The topological polar surface area (TPSA) is 84.0 Å². The van der Waals surface area contributed by atoms with Crippen LogP contribution >= 0.6 is 0 Å². The van der Waals surface area contributed by atoms with Gasteiger partial charge in [0.05, 0.1) is 5.69 Å². The van der Waals surface area contributed by atoms with Gasteiger partial charge >= 0.3 is 0 Å². The van der Waals surface area contributed by atoms with Gasteiger partial charge in [-0.05, 0) is 42.3 Å². The van der Waals surface area contributed by atoms with Crippen LogP contribution in [0.3, 0.4) is 0 Å². The molecule has 0 aliphatic carbocycles. The minimum Gasteiger partial charge on any atom is -0.325 e. The molecular weight excluding hydrogens is 328 g/mol. The summed E-state index contributed by atoms with van der Waals surface area (Å²) < 4.78 is 0. The van der Waals surface area contributed by atoms with Crippen molar-refractivity contribution in [1.29, 1.82) is 0 Å². The average Bonchev–Trinajstić information content (AvgIpc) is 2.59. The summed E-state index contributed by atoms with van der Waals surface area (Å²) in [4.78, 5) is 31.2. The van der Waals surface area contributed by atoms with E-state index in [0.717, 1.165) is 5.39 Å². The highest BCUT2D eigenvalue weighted by Crippen LogP contribution is 2.15. The second kappa shape index (κ2) is 7.45. The number of carbonyl (C=O) groups excluding carboxylic acids is 2. The highest BCUT2D eigenvalue weighted by molar-refractivity contribution is 5.90. The van der Waals surface area contributed by atoms with Gasteiger partial charge in [-0.15, -0.1) is 0 Å². The van der Waals surface area contributed by atoms with E-state index in [1.54, 1.807) is 18.2 Å². The Labute approximate surface area is 150 Å². The molecule has 128 valence electrons. The van der Waals surface area contributed by atoms with Gasteiger partial charge in [0, 0.05) is 24.8 Å². The molecule has 0 aliphatic heterocycles. The van der Waals surface area contributed by atoms with Crippen LogP contribution in [0.2, 0.25) is 0 Å². The normalized spacial score (nSPS) is 9.92. The molecule has 0 saturated carbocycles. The molecule has 0 radical (unpaired) electrons. The fourth-order valence-electron chi connectivity index (χ4n) is 2.34. The fourth-order valence-corrected chi connectivity index (χ4v) is 2.34. The molecule has 6 heteroatoms. The summed E-state index contributed by atoms with van der Waals surface area (Å²) in [5.41, 5.74) is 2.39. The molecule has 0 saturated heterocycles. The molecule has 2 N–H and O–H groups in total. The predicted molar refractivity (Wildman–Crippen MR) is 101 cm³/mol. The number of carbonyl (C=O) groups is 2. The third-order valence-electron chi connectivity index (χ3n) is 3.42. The van der Waals surface area contributed by atoms with Crippen LogP contribution in [0.15, 0.2) is 48.5 Å². The van der Waals surface area contributed by atoms with Crippen molar-refractivity contribution in [3.05, 3.63) is 59.8 Å². The Bertz CT molecular complexity index is 1060. The zero-order chi connectivity index (χ0) is 18.5. The zero-order valence-electron chi connectivity index (χ0n) is 14.3. The monoisotopic (exact) mass is 344 g/mol. The highest BCUT2D eigenvalue weighted by Gasteiger charge is 2.03. The van der Waals surface area contributed by atoms with Crippen molar-refractivity contribution in [2.45, 2.75) is 13.8 Å². The van der Waals surface area contributed by atoms with Crippen LogP contribution in [-0.2, 0) is 9.59 Å². The van der Waals surface area contributed by atoms with E-state index in [9.17, 15) is 9.59 Å². The number of para-hydroxylation sites is 1. The Balaban J connectivity index is 1.94. The van der Waals surface area contributed by atoms with Crippen LogP contribution in [0.5, 0.6) is 0 Å². The Morgan fingerprint density at radius 1 is 0.846 bits per heavy atom. The number of nitrogens with zero attached hydrogens (tertiary/aromatic N) is 2. The number of pyridine rings is 2. The summed E-state index contributed by atoms with van der Waals surface area (Å²) in [5.74, 6) is 6.10. The molecule has 1 aromatic carbocycles. The van der Waals surface area contributed by atoms with Crippen molar-refractivity contribution >= 4 is 34.4 Å². The minimum atomic E-state index is -0.192. The third kappa shape index (κ3) is 4.22. The third-order valence-corrected chi connectivity index (χ3v) is 3.42. The van der Waals surface area contributed by atoms with Crippen molar-refractivity contribution < 1.29 is 9.59 Å². The van der Waals surface area contributed by atoms with Crippen molar-refractivity contribution in [2.75, 3.05) is 10.6 Å². The summed E-state index contributed by atoms with van der Waals surface area (Å²) in [7, 11) is 0. The lowest BCUT2D eigenvalue weighted by molar-refractivity contribution is -0.115. The van der Waals surface area contributed by atoms with Crippen molar-refractivity contribution in [1.82, 2.24) is 9.97 Å². The highest BCUT2D eigenvalue weighted by atomic mass is 16.2. The predicted octanol–water partition coefficient (Wildman–Crippen LogP) is 2.95. The lowest BCUT2D eigenvalue weighted by Crippen LogP contribution is -2.07. The van der Waals surface area contributed by atoms with E-state index in [2.05, 4.69) is 32.4 Å². The van der Waals surface area contributed by atoms with E-state index in [1.165, 1.54) is 13.8 Å². The molecule has 6 nitrogen and oxygen atoms in total. The minimum absolute atomic E-state index is 0.155. The summed E-state index contributed by atoms with van der Waals surface area (Å²) in [6.45, 7) is 2.88. The quantitative estimate of drug-likeness (QED) is 0.700. The molecule has 0 unspecified atom stereocenters. The molecule has 2 aromatic heterocycles. The standard InChI is InChI=1S/C20H16N4O2/c1-13(25)21-18-6-4-3-5-15(18)7-10-17-11-8-16-9-12-19(22-14(2)26)24-20(16)23-17/h3-6,8-9,11-12H,1-2H3,(H,21,25)(H,22,23,24,26). The maximum atomic E-state index is 11.3. The SMILES string of the molecule is CC(=O)Nc1ccc2ccc(C#Cc3ccccc3NC(C)=O)nc2n1. The fraction of sp³-hybridized carbons (Fsp3) is 0.100. The number of nitrogens with one attached hydrogen (secondary N) is 2. The van der Waals surface area contributed by atoms with E-state index >= 15 is 0 Å². The number of hydrogen-bond acceptors (Lipinski definition) is 4. The van der Waals surface area contributed by atoms with Gasteiger partial charge in [0.1, 0.15) is 11.5 Å². The first-order valence-electron chi connectivity index (χ1n) is 7.95. The number of fused-ring (bicyclic) bond motifs is 1. The molecule has 2 heterocycles. The molecule has 0 fully saturated rings. The van der Waals surface area contributed by atoms with Gasteiger partial charge in [-0.25, -0.2) is 9.97 Å². The second-order valence-electron chi connectivity index (χ2n) is 5.60. The van der Waals surface area contributed by atoms with Gasteiger partial charge in [0.2, 0.25) is 11.8 Å². The van der Waals surface area contributed by atoms with Crippen LogP contribution in [0.4, 0.5) is 11.5 Å². The van der Waals surface area contributed by atoms with Crippen LogP contribution in [0, 0.1) is 11.8 Å². The average molecular weight is 344 g/mol. The second-order valence-corrected chi connectivity index (χ2v) is 5.60. The number of hydrogen-bond donors (Lipinski definition) is 2. The molecular formula is C20H16N4O2. The molecule has 0 aliphatic rings. The summed E-state index contributed by atoms with van der Waals surface area (Å²) in [6.07, 6.45) is 0. The van der Waals surface area contributed by atoms with Crippen molar-refractivity contribution in [3.63, 3.8) is 0 Å². The molecule has 2 amide bonds. The first kappa shape index (κ1) is 17.1. The van der Waals surface area contributed by atoms with E-state index in [0.29, 0.717) is 28.4 Å². The van der Waals surface area contributed by atoms with Crippen LogP contribution < -0.4 is 10.6 Å². The summed E-state index contributed by atoms with van der Waals surface area (Å²) in [5, 5.41) is 6.23. The van der Waals surface area contributed by atoms with Gasteiger partial charge in [-0.1, -0.05) is 18.1 Å². The Hall–Kier alpha value is -3.72. The molecule has 3 rings (SSSR count). The number of benzene rings is 1. The molecule has 26 heavy (non-hydrogen) atoms. The van der Waals surface area contributed by atoms with E-state index in [1.807, 2.05) is 30.3 Å². The van der Waals surface area contributed by atoms with Gasteiger partial charge < -0.3 is 10.6 Å². The number of rotatable bonds is 2. The van der Waals surface area contributed by atoms with E-state index < -0.39 is 0 Å². The van der Waals surface area contributed by atoms with Gasteiger partial charge in [0.25, 0.3) is 0 Å². The van der Waals surface area contributed by atoms with Crippen LogP contribution in [0.1, 0.15) is 25.1 Å². The zero-order valence-corrected chi connectivity index (χ0v) is 14.3. The molecule has 0 bridgehead atoms. The van der Waals surface area contributed by atoms with E-state index in [4.69, 9.17) is 0 Å². The number of amides is 2. The van der Waals surface area contributed by atoms with Crippen molar-refractivity contribution in [3.8, 4) is 11.8 Å². The molecule has 0 atom stereocenters. The Morgan fingerprint density at radius 3 is 2.35 bits per heavy atom. The lowest BCUT2D eigenvalue weighted by Gasteiger charge is -2.04. The molecule has 0 spiro atoms. The first-order valence-corrected chi connectivity index (χ1v) is 7.95. The summed E-state index contributed by atoms with van der Waals surface area (Å²) >= 11 is 0. The van der Waals surface area contributed by atoms with Crippen LogP contribution in [-0.4, -0.2) is 21.8 Å². The first-order chi connectivity index (χ1) is 12.5. The van der Waals surface area contributed by atoms with E-state index in [-0.39, 0.29) is 11.8 Å². The van der Waals surface area contributed by atoms with Gasteiger partial charge in [-0.2, -0.15) is 0 Å².